The van der Waals surface area contributed by atoms with Crippen LogP contribution in [0, 0.1) is 0 Å². The molecule has 6 heteroatoms. The molecule has 0 heterocycles. The monoisotopic (exact) mass is 339 g/mol. The minimum absolute atomic E-state index is 0.374. The second-order valence-electron chi connectivity index (χ2n) is 5.48. The molecule has 114 valence electrons. The fourth-order valence-corrected chi connectivity index (χ4v) is 1.56. The molecule has 0 saturated heterocycles. The normalized spacial score (nSPS) is 14.8. The molecule has 0 aliphatic heterocycles. The Bertz CT molecular complexity index is 268. The van der Waals surface area contributed by atoms with Crippen molar-refractivity contribution in [3.63, 3.8) is 0 Å². The number of hydrogen-bond donors (Lipinski definition) is 1. The summed E-state index contributed by atoms with van der Waals surface area (Å²) in [6.45, 7) is 11.4. The van der Waals surface area contributed by atoms with Crippen molar-refractivity contribution < 1.29 is 19.0 Å². The molecule has 0 aliphatic rings. The van der Waals surface area contributed by atoms with E-state index in [0.717, 1.165) is 0 Å². The van der Waals surface area contributed by atoms with Gasteiger partial charge >= 0.3 is 6.09 Å². The van der Waals surface area contributed by atoms with Gasteiger partial charge in [0.25, 0.3) is 0 Å². The van der Waals surface area contributed by atoms with Crippen molar-refractivity contribution in [2.75, 3.05) is 31.7 Å². The van der Waals surface area contributed by atoms with Crippen LogP contribution in [0.1, 0.15) is 34.6 Å². The molecule has 1 atom stereocenters. The molecule has 0 rings (SSSR count). The maximum absolute atomic E-state index is 11.6. The standard InChI is InChI=1S/C13H26BrNO4/c1-6-17-7-8-18-13(5,9-14)10-15-11(16)19-12(2,3)4/h6-10H2,1-5H3,(H,15,16). The van der Waals surface area contributed by atoms with Crippen molar-refractivity contribution >= 4 is 22.0 Å². The molecule has 1 N–H and O–H groups in total. The van der Waals surface area contributed by atoms with Crippen LogP contribution in [0.3, 0.4) is 0 Å². The first kappa shape index (κ1) is 18.7. The van der Waals surface area contributed by atoms with Crippen LogP contribution in [0.2, 0.25) is 0 Å². The van der Waals surface area contributed by atoms with Crippen molar-refractivity contribution in [1.29, 1.82) is 0 Å². The van der Waals surface area contributed by atoms with Crippen molar-refractivity contribution in [3.05, 3.63) is 0 Å². The summed E-state index contributed by atoms with van der Waals surface area (Å²) in [5.41, 5.74) is -0.973. The number of carbonyl (C=O) groups excluding carboxylic acids is 1. The Kier molecular flexibility index (Phi) is 8.61. The average Bonchev–Trinajstić information content (AvgIpc) is 2.30. The summed E-state index contributed by atoms with van der Waals surface area (Å²) in [5, 5.41) is 3.33. The second-order valence-corrected chi connectivity index (χ2v) is 6.05. The van der Waals surface area contributed by atoms with E-state index in [-0.39, 0.29) is 0 Å². The molecule has 0 spiro atoms. The molecule has 0 fully saturated rings. The van der Waals surface area contributed by atoms with Gasteiger partial charge in [0.15, 0.2) is 0 Å². The Morgan fingerprint density at radius 1 is 1.21 bits per heavy atom. The number of alkyl halides is 1. The van der Waals surface area contributed by atoms with Crippen LogP contribution < -0.4 is 5.32 Å². The van der Waals surface area contributed by atoms with E-state index in [4.69, 9.17) is 14.2 Å². The van der Waals surface area contributed by atoms with Crippen LogP contribution in [-0.2, 0) is 14.2 Å². The summed E-state index contributed by atoms with van der Waals surface area (Å²) in [7, 11) is 0. The van der Waals surface area contributed by atoms with Crippen LogP contribution in [0.25, 0.3) is 0 Å². The predicted molar refractivity (Wildman–Crippen MR) is 78.9 cm³/mol. The minimum atomic E-state index is -0.495. The van der Waals surface area contributed by atoms with Crippen LogP contribution in [0.15, 0.2) is 0 Å². The third kappa shape index (κ3) is 10.2. The number of alkyl carbamates (subject to hydrolysis) is 1. The van der Waals surface area contributed by atoms with Crippen LogP contribution in [-0.4, -0.2) is 49.0 Å². The van der Waals surface area contributed by atoms with Crippen LogP contribution in [0.4, 0.5) is 4.79 Å². The lowest BCUT2D eigenvalue weighted by molar-refractivity contribution is -0.0406. The largest absolute Gasteiger partial charge is 0.444 e. The van der Waals surface area contributed by atoms with E-state index in [9.17, 15) is 4.79 Å². The molecular formula is C13H26BrNO4. The molecule has 0 aliphatic carbocycles. The Morgan fingerprint density at radius 2 is 1.84 bits per heavy atom. The smallest absolute Gasteiger partial charge is 0.407 e. The summed E-state index contributed by atoms with van der Waals surface area (Å²) in [4.78, 5) is 11.6. The maximum Gasteiger partial charge on any atom is 0.407 e. The van der Waals surface area contributed by atoms with E-state index in [2.05, 4.69) is 21.2 Å². The Hall–Kier alpha value is -0.330. The molecule has 5 nitrogen and oxygen atoms in total. The Balaban J connectivity index is 4.05. The molecule has 0 saturated carbocycles. The highest BCUT2D eigenvalue weighted by Gasteiger charge is 2.26. The first-order valence-corrected chi connectivity index (χ1v) is 7.59. The molecular weight excluding hydrogens is 314 g/mol. The maximum atomic E-state index is 11.6. The van der Waals surface area contributed by atoms with E-state index in [1.54, 1.807) is 0 Å². The number of carbonyl (C=O) groups is 1. The Morgan fingerprint density at radius 3 is 2.32 bits per heavy atom. The number of nitrogens with one attached hydrogen (secondary N) is 1. The van der Waals surface area contributed by atoms with Gasteiger partial charge in [0, 0.05) is 11.9 Å². The van der Waals surface area contributed by atoms with Gasteiger partial charge in [0.1, 0.15) is 5.60 Å². The zero-order valence-electron chi connectivity index (χ0n) is 12.5. The highest BCUT2D eigenvalue weighted by molar-refractivity contribution is 9.09. The minimum Gasteiger partial charge on any atom is -0.444 e. The third-order valence-corrected chi connectivity index (χ3v) is 3.36. The summed E-state index contributed by atoms with van der Waals surface area (Å²) in [6, 6.07) is 0. The third-order valence-electron chi connectivity index (χ3n) is 2.17. The first-order chi connectivity index (χ1) is 8.72. The van der Waals surface area contributed by atoms with E-state index in [1.807, 2.05) is 34.6 Å². The van der Waals surface area contributed by atoms with Gasteiger partial charge in [-0.3, -0.25) is 0 Å². The molecule has 0 bridgehead atoms. The van der Waals surface area contributed by atoms with Crippen LogP contribution in [0.5, 0.6) is 0 Å². The van der Waals surface area contributed by atoms with Crippen LogP contribution >= 0.6 is 15.9 Å². The summed E-state index contributed by atoms with van der Waals surface area (Å²) in [5.74, 6) is 0. The number of ether oxygens (including phenoxy) is 3. The van der Waals surface area contributed by atoms with E-state index in [1.165, 1.54) is 0 Å². The SMILES string of the molecule is CCOCCOC(C)(CBr)CNC(=O)OC(C)(C)C. The van der Waals surface area contributed by atoms with Gasteiger partial charge in [0.2, 0.25) is 0 Å². The number of rotatable bonds is 8. The zero-order chi connectivity index (χ0) is 14.9. The summed E-state index contributed by atoms with van der Waals surface area (Å²) >= 11 is 3.39. The van der Waals surface area contributed by atoms with E-state index in [0.29, 0.717) is 31.7 Å². The lowest BCUT2D eigenvalue weighted by Gasteiger charge is -2.29. The molecule has 0 aromatic heterocycles. The van der Waals surface area contributed by atoms with Gasteiger partial charge in [-0.05, 0) is 34.6 Å². The number of halogens is 1. The van der Waals surface area contributed by atoms with E-state index < -0.39 is 17.3 Å². The fraction of sp³-hybridized carbons (Fsp3) is 0.923. The fourth-order valence-electron chi connectivity index (χ4n) is 1.20. The highest BCUT2D eigenvalue weighted by atomic mass is 79.9. The topological polar surface area (TPSA) is 56.8 Å². The van der Waals surface area contributed by atoms with Gasteiger partial charge in [-0.25, -0.2) is 4.79 Å². The lowest BCUT2D eigenvalue weighted by Crippen LogP contribution is -2.46. The highest BCUT2D eigenvalue weighted by Crippen LogP contribution is 2.13. The summed E-state index contributed by atoms with van der Waals surface area (Å²) in [6.07, 6.45) is -0.437. The van der Waals surface area contributed by atoms with Crippen molar-refractivity contribution in [2.45, 2.75) is 45.8 Å². The van der Waals surface area contributed by atoms with Gasteiger partial charge in [0.05, 0.1) is 25.4 Å². The molecule has 0 aromatic rings. The molecule has 19 heavy (non-hydrogen) atoms. The van der Waals surface area contributed by atoms with Gasteiger partial charge in [-0.2, -0.15) is 0 Å². The average molecular weight is 340 g/mol. The molecule has 1 unspecified atom stereocenters. The second kappa shape index (κ2) is 8.76. The lowest BCUT2D eigenvalue weighted by atomic mass is 10.1. The number of amides is 1. The van der Waals surface area contributed by atoms with Gasteiger partial charge < -0.3 is 19.5 Å². The number of hydrogen-bond acceptors (Lipinski definition) is 4. The molecule has 0 aromatic carbocycles. The molecule has 1 amide bonds. The van der Waals surface area contributed by atoms with Gasteiger partial charge in [-0.15, -0.1) is 0 Å². The molecule has 0 radical (unpaired) electrons. The summed E-state index contributed by atoms with van der Waals surface area (Å²) < 4.78 is 16.1. The first-order valence-electron chi connectivity index (χ1n) is 6.47. The predicted octanol–water partition coefficient (Wildman–Crippen LogP) is 2.72. The van der Waals surface area contributed by atoms with Gasteiger partial charge in [-0.1, -0.05) is 15.9 Å². The quantitative estimate of drug-likeness (QED) is 0.545. The van der Waals surface area contributed by atoms with Crippen molar-refractivity contribution in [2.24, 2.45) is 0 Å². The van der Waals surface area contributed by atoms with E-state index >= 15 is 0 Å². The zero-order valence-corrected chi connectivity index (χ0v) is 14.1. The Labute approximate surface area is 124 Å². The van der Waals surface area contributed by atoms with Crippen molar-refractivity contribution in [1.82, 2.24) is 5.32 Å². The van der Waals surface area contributed by atoms with Crippen molar-refractivity contribution in [3.8, 4) is 0 Å².